The largest absolute Gasteiger partial charge is 0.490 e. The highest BCUT2D eigenvalue weighted by Gasteiger charge is 2.32. The van der Waals surface area contributed by atoms with Gasteiger partial charge in [-0.25, -0.2) is 0 Å². The second-order valence-corrected chi connectivity index (χ2v) is 7.93. The summed E-state index contributed by atoms with van der Waals surface area (Å²) in [6.45, 7) is 2.38. The van der Waals surface area contributed by atoms with Crippen molar-refractivity contribution in [1.82, 2.24) is 4.90 Å². The number of ether oxygens (including phenoxy) is 2. The molecule has 0 atom stereocenters. The van der Waals surface area contributed by atoms with Gasteiger partial charge in [0.1, 0.15) is 6.29 Å². The molecule has 3 rings (SSSR count). The lowest BCUT2D eigenvalue weighted by atomic mass is 9.88. The number of amides is 1. The Labute approximate surface area is 168 Å². The van der Waals surface area contributed by atoms with Gasteiger partial charge in [0.05, 0.1) is 6.61 Å². The van der Waals surface area contributed by atoms with Gasteiger partial charge in [-0.2, -0.15) is 0 Å². The van der Waals surface area contributed by atoms with Crippen LogP contribution >= 0.6 is 0 Å². The predicted octanol–water partition coefficient (Wildman–Crippen LogP) is 4.77. The molecular formula is C23H33NO4. The molecule has 2 aliphatic carbocycles. The van der Waals surface area contributed by atoms with Crippen LogP contribution in [0, 0.1) is 0 Å². The highest BCUT2D eigenvalue weighted by Crippen LogP contribution is 2.31. The van der Waals surface area contributed by atoms with Crippen LogP contribution in [-0.2, 0) is 4.79 Å². The molecule has 154 valence electrons. The molecule has 1 aromatic rings. The van der Waals surface area contributed by atoms with Crippen LogP contribution in [0.2, 0.25) is 0 Å². The Balaban J connectivity index is 1.70. The van der Waals surface area contributed by atoms with Crippen molar-refractivity contribution in [2.75, 3.05) is 13.2 Å². The van der Waals surface area contributed by atoms with E-state index in [2.05, 4.69) is 4.90 Å². The van der Waals surface area contributed by atoms with Crippen molar-refractivity contribution in [2.24, 2.45) is 0 Å². The number of carbonyl (C=O) groups excluding carboxylic acids is 2. The number of rotatable bonds is 8. The van der Waals surface area contributed by atoms with Gasteiger partial charge in [0, 0.05) is 17.6 Å². The highest BCUT2D eigenvalue weighted by atomic mass is 16.5. The molecule has 0 N–H and O–H groups in total. The summed E-state index contributed by atoms with van der Waals surface area (Å²) in [6, 6.07) is 5.78. The zero-order valence-corrected chi connectivity index (χ0v) is 17.0. The first-order chi connectivity index (χ1) is 13.7. The Morgan fingerprint density at radius 3 is 2.11 bits per heavy atom. The van der Waals surface area contributed by atoms with Gasteiger partial charge in [0.2, 0.25) is 0 Å². The van der Waals surface area contributed by atoms with Crippen LogP contribution in [0.5, 0.6) is 11.5 Å². The van der Waals surface area contributed by atoms with E-state index in [-0.39, 0.29) is 12.5 Å². The summed E-state index contributed by atoms with van der Waals surface area (Å²) in [5.41, 5.74) is 0.535. The highest BCUT2D eigenvalue weighted by molar-refractivity contribution is 5.79. The summed E-state index contributed by atoms with van der Waals surface area (Å²) in [6.07, 6.45) is 12.6. The van der Waals surface area contributed by atoms with Gasteiger partial charge in [-0.1, -0.05) is 38.5 Å². The molecule has 5 heteroatoms. The minimum atomic E-state index is 0.0213. The van der Waals surface area contributed by atoms with Crippen molar-refractivity contribution in [1.29, 1.82) is 0 Å². The molecule has 1 aromatic carbocycles. The number of carbonyl (C=O) groups is 2. The topological polar surface area (TPSA) is 55.8 Å². The third kappa shape index (κ3) is 5.27. The number of aldehydes is 1. The maximum atomic E-state index is 13.2. The molecule has 0 aromatic heterocycles. The molecule has 28 heavy (non-hydrogen) atoms. The van der Waals surface area contributed by atoms with Gasteiger partial charge >= 0.3 is 0 Å². The van der Waals surface area contributed by atoms with Gasteiger partial charge in [-0.15, -0.1) is 0 Å². The van der Waals surface area contributed by atoms with Crippen LogP contribution in [0.15, 0.2) is 18.2 Å². The van der Waals surface area contributed by atoms with Gasteiger partial charge in [-0.3, -0.25) is 9.59 Å². The van der Waals surface area contributed by atoms with Crippen molar-refractivity contribution in [2.45, 2.75) is 83.2 Å². The van der Waals surface area contributed by atoms with Crippen molar-refractivity contribution in [3.63, 3.8) is 0 Å². The summed E-state index contributed by atoms with van der Waals surface area (Å²) in [4.78, 5) is 26.4. The molecule has 0 aliphatic heterocycles. The fourth-order valence-corrected chi connectivity index (χ4v) is 4.62. The summed E-state index contributed by atoms with van der Waals surface area (Å²) in [7, 11) is 0. The van der Waals surface area contributed by atoms with E-state index in [4.69, 9.17) is 9.47 Å². The Hall–Kier alpha value is -2.04. The van der Waals surface area contributed by atoms with E-state index in [1.54, 1.807) is 18.2 Å². The number of nitrogens with zero attached hydrogens (tertiary/aromatic N) is 1. The van der Waals surface area contributed by atoms with Crippen LogP contribution in [-0.4, -0.2) is 42.4 Å². The zero-order chi connectivity index (χ0) is 19.8. The monoisotopic (exact) mass is 387 g/mol. The van der Waals surface area contributed by atoms with Crippen molar-refractivity contribution < 1.29 is 19.1 Å². The summed E-state index contributed by atoms with van der Waals surface area (Å²) in [5.74, 6) is 1.12. The van der Waals surface area contributed by atoms with Crippen molar-refractivity contribution in [3.05, 3.63) is 23.8 Å². The minimum Gasteiger partial charge on any atom is -0.490 e. The molecule has 0 spiro atoms. The molecule has 0 radical (unpaired) electrons. The molecule has 0 saturated heterocycles. The van der Waals surface area contributed by atoms with Crippen molar-refractivity contribution in [3.8, 4) is 11.5 Å². The van der Waals surface area contributed by atoms with Crippen LogP contribution in [0.25, 0.3) is 0 Å². The number of hydrogen-bond acceptors (Lipinski definition) is 4. The normalized spacial score (nSPS) is 18.5. The van der Waals surface area contributed by atoms with Gasteiger partial charge < -0.3 is 14.4 Å². The lowest BCUT2D eigenvalue weighted by Crippen LogP contribution is -2.50. The van der Waals surface area contributed by atoms with Crippen LogP contribution < -0.4 is 9.47 Å². The SMILES string of the molecule is CCOc1cc(C=O)ccc1OCC(=O)N(C1CCCCC1)C1CCCCC1. The standard InChI is InChI=1S/C23H33NO4/c1-2-27-22-15-18(16-25)13-14-21(22)28-17-23(26)24(19-9-5-3-6-10-19)20-11-7-4-8-12-20/h13-16,19-20H,2-12,17H2,1H3. The van der Waals surface area contributed by atoms with E-state index in [0.29, 0.717) is 35.8 Å². The summed E-state index contributed by atoms with van der Waals surface area (Å²) >= 11 is 0. The van der Waals surface area contributed by atoms with E-state index in [1.165, 1.54) is 38.5 Å². The van der Waals surface area contributed by atoms with E-state index in [1.807, 2.05) is 6.92 Å². The van der Waals surface area contributed by atoms with Crippen LogP contribution in [0.1, 0.15) is 81.5 Å². The quantitative estimate of drug-likeness (QED) is 0.603. The van der Waals surface area contributed by atoms with E-state index < -0.39 is 0 Å². The van der Waals surface area contributed by atoms with E-state index in [9.17, 15) is 9.59 Å². The van der Waals surface area contributed by atoms with Crippen LogP contribution in [0.3, 0.4) is 0 Å². The Bertz CT molecular complexity index is 630. The van der Waals surface area contributed by atoms with Gasteiger partial charge in [0.15, 0.2) is 18.1 Å². The van der Waals surface area contributed by atoms with Gasteiger partial charge in [0.25, 0.3) is 5.91 Å². The first-order valence-electron chi connectivity index (χ1n) is 10.9. The third-order valence-electron chi connectivity index (χ3n) is 5.98. The maximum absolute atomic E-state index is 13.2. The lowest BCUT2D eigenvalue weighted by Gasteiger charge is -2.41. The minimum absolute atomic E-state index is 0.0213. The lowest BCUT2D eigenvalue weighted by molar-refractivity contribution is -0.140. The smallest absolute Gasteiger partial charge is 0.261 e. The van der Waals surface area contributed by atoms with E-state index >= 15 is 0 Å². The molecular weight excluding hydrogens is 354 g/mol. The second-order valence-electron chi connectivity index (χ2n) is 7.93. The second kappa shape index (κ2) is 10.5. The maximum Gasteiger partial charge on any atom is 0.261 e. The molecule has 0 unspecified atom stereocenters. The predicted molar refractivity (Wildman–Crippen MR) is 109 cm³/mol. The molecule has 5 nitrogen and oxygen atoms in total. The van der Waals surface area contributed by atoms with Crippen LogP contribution in [0.4, 0.5) is 0 Å². The number of benzene rings is 1. The molecule has 1 amide bonds. The Kier molecular flexibility index (Phi) is 7.75. The first kappa shape index (κ1) is 20.7. The number of hydrogen-bond donors (Lipinski definition) is 0. The van der Waals surface area contributed by atoms with E-state index in [0.717, 1.165) is 32.0 Å². The Morgan fingerprint density at radius 1 is 0.964 bits per heavy atom. The summed E-state index contributed by atoms with van der Waals surface area (Å²) < 4.78 is 11.5. The fraction of sp³-hybridized carbons (Fsp3) is 0.652. The molecule has 2 fully saturated rings. The molecule has 2 saturated carbocycles. The first-order valence-corrected chi connectivity index (χ1v) is 10.9. The average Bonchev–Trinajstić information content (AvgIpc) is 2.75. The molecule has 0 bridgehead atoms. The fourth-order valence-electron chi connectivity index (χ4n) is 4.62. The average molecular weight is 388 g/mol. The summed E-state index contributed by atoms with van der Waals surface area (Å²) in [5, 5.41) is 0. The zero-order valence-electron chi connectivity index (χ0n) is 17.0. The molecule has 2 aliphatic rings. The van der Waals surface area contributed by atoms with Crippen molar-refractivity contribution >= 4 is 12.2 Å². The molecule has 0 heterocycles. The Morgan fingerprint density at radius 2 is 1.57 bits per heavy atom. The van der Waals surface area contributed by atoms with Gasteiger partial charge in [-0.05, 0) is 50.8 Å². The third-order valence-corrected chi connectivity index (χ3v) is 5.98.